The van der Waals surface area contributed by atoms with Crippen molar-refractivity contribution in [1.29, 1.82) is 0 Å². The summed E-state index contributed by atoms with van der Waals surface area (Å²) in [6.07, 6.45) is 110. The summed E-state index contributed by atoms with van der Waals surface area (Å²) < 4.78 is 5.52. The number of hydrogen-bond donors (Lipinski definition) is 3. The van der Waals surface area contributed by atoms with Gasteiger partial charge in [0, 0.05) is 12.8 Å². The number of aliphatic hydroxyl groups is 2. The van der Waals surface area contributed by atoms with Gasteiger partial charge in [0.05, 0.1) is 25.4 Å². The number of rotatable bonds is 84. The van der Waals surface area contributed by atoms with Crippen molar-refractivity contribution in [3.05, 3.63) is 24.3 Å². The number of esters is 1. The molecule has 0 fully saturated rings. The van der Waals surface area contributed by atoms with Crippen LogP contribution in [0.15, 0.2) is 24.3 Å². The van der Waals surface area contributed by atoms with E-state index in [2.05, 4.69) is 43.5 Å². The molecule has 6 heteroatoms. The predicted molar refractivity (Wildman–Crippen MR) is 421 cm³/mol. The molecule has 3 N–H and O–H groups in total. The predicted octanol–water partition coefficient (Wildman–Crippen LogP) is 29.6. The van der Waals surface area contributed by atoms with E-state index in [9.17, 15) is 19.8 Å². The molecule has 0 aliphatic carbocycles. The smallest absolute Gasteiger partial charge is 0.305 e. The fraction of sp³-hybridized carbons (Fsp3) is 0.933. The lowest BCUT2D eigenvalue weighted by atomic mass is 10.0. The summed E-state index contributed by atoms with van der Waals surface area (Å²) in [5, 5.41) is 23.5. The Morgan fingerprint density at radius 1 is 0.295 bits per heavy atom. The first-order valence-electron chi connectivity index (χ1n) is 44.1. The monoisotopic (exact) mass is 1340 g/mol. The molecule has 0 aliphatic rings. The largest absolute Gasteiger partial charge is 0.466 e. The van der Waals surface area contributed by atoms with Crippen LogP contribution in [0.2, 0.25) is 0 Å². The summed E-state index contributed by atoms with van der Waals surface area (Å²) in [6, 6.07) is -0.541. The minimum absolute atomic E-state index is 0.0249. The molecule has 0 aromatic carbocycles. The number of carbonyl (C=O) groups excluding carboxylic acids is 2. The minimum Gasteiger partial charge on any atom is -0.466 e. The van der Waals surface area contributed by atoms with Crippen LogP contribution < -0.4 is 5.32 Å². The van der Waals surface area contributed by atoms with E-state index in [1.165, 1.54) is 430 Å². The lowest BCUT2D eigenvalue weighted by molar-refractivity contribution is -0.143. The van der Waals surface area contributed by atoms with Gasteiger partial charge < -0.3 is 20.3 Å². The van der Waals surface area contributed by atoms with Crippen LogP contribution in [0.25, 0.3) is 0 Å². The van der Waals surface area contributed by atoms with Gasteiger partial charge in [0.2, 0.25) is 5.91 Å². The maximum Gasteiger partial charge on any atom is 0.305 e. The van der Waals surface area contributed by atoms with Crippen molar-refractivity contribution < 1.29 is 24.5 Å². The van der Waals surface area contributed by atoms with Crippen molar-refractivity contribution in [2.45, 2.75) is 520 Å². The van der Waals surface area contributed by atoms with Crippen LogP contribution in [-0.2, 0) is 14.3 Å². The lowest BCUT2D eigenvalue weighted by Crippen LogP contribution is -2.45. The zero-order valence-corrected chi connectivity index (χ0v) is 64.9. The fourth-order valence-electron chi connectivity index (χ4n) is 14.3. The minimum atomic E-state index is -0.664. The Kier molecular flexibility index (Phi) is 83.3. The van der Waals surface area contributed by atoms with Crippen LogP contribution in [0.5, 0.6) is 0 Å². The zero-order chi connectivity index (χ0) is 68.4. The van der Waals surface area contributed by atoms with Crippen molar-refractivity contribution in [2.75, 3.05) is 13.2 Å². The third-order valence-electron chi connectivity index (χ3n) is 21.0. The topological polar surface area (TPSA) is 95.9 Å². The Morgan fingerprint density at radius 2 is 0.526 bits per heavy atom. The van der Waals surface area contributed by atoms with E-state index in [0.29, 0.717) is 25.9 Å². The molecular formula is C89H173NO5. The second kappa shape index (κ2) is 84.8. The first-order chi connectivity index (χ1) is 47.0. The van der Waals surface area contributed by atoms with E-state index in [-0.39, 0.29) is 18.5 Å². The third-order valence-corrected chi connectivity index (χ3v) is 21.0. The van der Waals surface area contributed by atoms with Crippen LogP contribution in [-0.4, -0.2) is 47.4 Å². The summed E-state index contributed by atoms with van der Waals surface area (Å²) in [7, 11) is 0. The summed E-state index contributed by atoms with van der Waals surface area (Å²) in [6.45, 7) is 5.02. The van der Waals surface area contributed by atoms with Crippen molar-refractivity contribution in [1.82, 2.24) is 5.32 Å². The van der Waals surface area contributed by atoms with Crippen molar-refractivity contribution in [3.63, 3.8) is 0 Å². The molecule has 2 unspecified atom stereocenters. The van der Waals surface area contributed by atoms with Crippen molar-refractivity contribution >= 4 is 11.9 Å². The molecule has 1 amide bonds. The molecule has 564 valence electrons. The molecule has 0 radical (unpaired) electrons. The second-order valence-corrected chi connectivity index (χ2v) is 30.6. The SMILES string of the molecule is CCCCCCCCCCCCCCCCCCCCCCCCC(O)C(CO)NC(=O)CCCCCCCCCCCCCCCCCCC/C=C\C/C=C\CCCCCCCCCCCCCCCOC(=O)CCCCCCCCCCCCCCCCCCCCC. The first kappa shape index (κ1) is 93.3. The van der Waals surface area contributed by atoms with E-state index in [4.69, 9.17) is 4.74 Å². The summed E-state index contributed by atoms with van der Waals surface area (Å²) in [5.74, 6) is -0.00133. The van der Waals surface area contributed by atoms with Crippen LogP contribution in [0.3, 0.4) is 0 Å². The molecule has 0 spiro atoms. The lowest BCUT2D eigenvalue weighted by Gasteiger charge is -2.22. The Balaban J connectivity index is 3.34. The van der Waals surface area contributed by atoms with Gasteiger partial charge in [-0.05, 0) is 57.8 Å². The number of nitrogens with one attached hydrogen (secondary N) is 1. The number of carbonyl (C=O) groups is 2. The summed E-state index contributed by atoms with van der Waals surface area (Å²) in [4.78, 5) is 24.7. The molecule has 0 bridgehead atoms. The molecule has 0 aromatic rings. The number of allylic oxidation sites excluding steroid dienone is 4. The quantitative estimate of drug-likeness (QED) is 0.0320. The Morgan fingerprint density at radius 3 is 0.800 bits per heavy atom. The molecule has 6 nitrogen and oxygen atoms in total. The number of aliphatic hydroxyl groups excluding tert-OH is 2. The average molecular weight is 1340 g/mol. The van der Waals surface area contributed by atoms with Gasteiger partial charge in [0.1, 0.15) is 0 Å². The Hall–Kier alpha value is -1.66. The van der Waals surface area contributed by atoms with Crippen molar-refractivity contribution in [2.24, 2.45) is 0 Å². The van der Waals surface area contributed by atoms with Gasteiger partial charge in [-0.3, -0.25) is 9.59 Å². The van der Waals surface area contributed by atoms with E-state index in [0.717, 1.165) is 44.9 Å². The molecule has 0 aliphatic heterocycles. The number of unbranched alkanes of at least 4 members (excludes halogenated alkanes) is 69. The normalized spacial score (nSPS) is 12.5. The molecular weight excluding hydrogens is 1160 g/mol. The van der Waals surface area contributed by atoms with Gasteiger partial charge in [-0.15, -0.1) is 0 Å². The molecule has 95 heavy (non-hydrogen) atoms. The summed E-state index contributed by atoms with van der Waals surface area (Å²) >= 11 is 0. The molecule has 2 atom stereocenters. The number of hydrogen-bond acceptors (Lipinski definition) is 5. The average Bonchev–Trinajstić information content (AvgIpc) is 2.94. The zero-order valence-electron chi connectivity index (χ0n) is 64.9. The highest BCUT2D eigenvalue weighted by Gasteiger charge is 2.20. The van der Waals surface area contributed by atoms with Gasteiger partial charge >= 0.3 is 5.97 Å². The van der Waals surface area contributed by atoms with Crippen LogP contribution in [0.4, 0.5) is 0 Å². The highest BCUT2D eigenvalue weighted by Crippen LogP contribution is 2.21. The van der Waals surface area contributed by atoms with Gasteiger partial charge in [-0.2, -0.15) is 0 Å². The highest BCUT2D eigenvalue weighted by molar-refractivity contribution is 5.76. The molecule has 0 heterocycles. The fourth-order valence-corrected chi connectivity index (χ4v) is 14.3. The van der Waals surface area contributed by atoms with E-state index in [1.807, 2.05) is 0 Å². The Bertz CT molecular complexity index is 1500. The standard InChI is InChI=1S/C89H173NO5/c1-3-5-7-9-11-13-15-17-19-21-23-24-42-46-49-53-57-61-65-69-73-77-81-87(92)86(85-91)90-88(93)82-78-74-70-66-62-58-54-50-47-43-40-38-36-34-32-30-28-26-25-27-29-31-33-35-37-39-41-44-48-52-56-60-64-68-72-76-80-84-95-89(94)83-79-75-71-67-63-59-55-51-45-22-20-18-16-14-12-10-8-6-4-2/h25,27,31,33,86-87,91-92H,3-24,26,28-30,32,34-85H2,1-2H3,(H,90,93)/b27-25-,33-31-. The third kappa shape index (κ3) is 81.2. The number of amides is 1. The van der Waals surface area contributed by atoms with E-state index in [1.54, 1.807) is 0 Å². The van der Waals surface area contributed by atoms with Crippen LogP contribution >= 0.6 is 0 Å². The molecule has 0 rings (SSSR count). The highest BCUT2D eigenvalue weighted by atomic mass is 16.5. The van der Waals surface area contributed by atoms with Gasteiger partial charge in [-0.25, -0.2) is 0 Å². The van der Waals surface area contributed by atoms with Gasteiger partial charge in [0.25, 0.3) is 0 Å². The molecule has 0 aromatic heterocycles. The first-order valence-corrected chi connectivity index (χ1v) is 44.1. The Labute approximate surface area is 596 Å². The van der Waals surface area contributed by atoms with Crippen molar-refractivity contribution in [3.8, 4) is 0 Å². The summed E-state index contributed by atoms with van der Waals surface area (Å²) in [5.41, 5.74) is 0. The maximum absolute atomic E-state index is 12.6. The maximum atomic E-state index is 12.6. The van der Waals surface area contributed by atoms with Crippen LogP contribution in [0.1, 0.15) is 508 Å². The molecule has 0 saturated carbocycles. The number of ether oxygens (including phenoxy) is 1. The van der Waals surface area contributed by atoms with Gasteiger partial charge in [-0.1, -0.05) is 462 Å². The second-order valence-electron chi connectivity index (χ2n) is 30.6. The van der Waals surface area contributed by atoms with Crippen LogP contribution in [0, 0.1) is 0 Å². The van der Waals surface area contributed by atoms with E-state index < -0.39 is 12.1 Å². The molecule has 0 saturated heterocycles. The van der Waals surface area contributed by atoms with Gasteiger partial charge in [0.15, 0.2) is 0 Å². The van der Waals surface area contributed by atoms with E-state index >= 15 is 0 Å².